The summed E-state index contributed by atoms with van der Waals surface area (Å²) in [5, 5.41) is 4.54. The number of piperazine rings is 1. The molecule has 1 N–H and O–H groups in total. The van der Waals surface area contributed by atoms with Gasteiger partial charge in [0.2, 0.25) is 5.91 Å². The van der Waals surface area contributed by atoms with Gasteiger partial charge in [0, 0.05) is 55.8 Å². The first kappa shape index (κ1) is 30.9. The maximum Gasteiger partial charge on any atom is 0.252 e. The standard InChI is InChI=1S/C33H34Cl2FN3O4/c1-3-38(18-23-6-4-5-7-28(23)34)33(41)32-27(17-25-19-39(21(2)40)20-30(32)37-25)22-8-11-26(12-9-22)42-14-15-43-31-16-24(36)10-13-29(31)35/h4-13,16,25,30,37H,3,14-15,17-20H2,1-2H3. The molecule has 0 spiro atoms. The number of amides is 2. The van der Waals surface area contributed by atoms with E-state index in [4.69, 9.17) is 32.7 Å². The third-order valence-electron chi connectivity index (χ3n) is 7.77. The van der Waals surface area contributed by atoms with Crippen molar-refractivity contribution in [1.29, 1.82) is 0 Å². The molecule has 3 aromatic rings. The number of carbonyl (C=O) groups excluding carboxylic acids is 2. The number of hydrogen-bond donors (Lipinski definition) is 1. The van der Waals surface area contributed by atoms with Crippen molar-refractivity contribution in [2.75, 3.05) is 32.8 Å². The van der Waals surface area contributed by atoms with Crippen LogP contribution in [0.1, 0.15) is 31.4 Å². The average Bonchev–Trinajstić information content (AvgIpc) is 3.00. The smallest absolute Gasteiger partial charge is 0.252 e. The zero-order valence-corrected chi connectivity index (χ0v) is 25.6. The summed E-state index contributed by atoms with van der Waals surface area (Å²) in [7, 11) is 0. The number of benzene rings is 3. The van der Waals surface area contributed by atoms with Crippen LogP contribution in [0.4, 0.5) is 4.39 Å². The minimum Gasteiger partial charge on any atom is -0.490 e. The highest BCUT2D eigenvalue weighted by molar-refractivity contribution is 6.32. The molecule has 0 radical (unpaired) electrons. The van der Waals surface area contributed by atoms with Crippen LogP contribution in [0.2, 0.25) is 10.0 Å². The van der Waals surface area contributed by atoms with Crippen LogP contribution in [0, 0.1) is 5.82 Å². The van der Waals surface area contributed by atoms with Gasteiger partial charge in [0.25, 0.3) is 5.91 Å². The van der Waals surface area contributed by atoms with Crippen LogP contribution >= 0.6 is 23.2 Å². The van der Waals surface area contributed by atoms with E-state index >= 15 is 0 Å². The SMILES string of the molecule is CCN(Cc1ccccc1Cl)C(=O)C1=C(c2ccc(OCCOc3cc(F)ccc3Cl)cc2)CC2CN(C(C)=O)CC1N2. The molecule has 0 saturated carbocycles. The molecule has 2 heterocycles. The maximum absolute atomic E-state index is 14.2. The number of fused-ring (bicyclic) bond motifs is 2. The van der Waals surface area contributed by atoms with Gasteiger partial charge in [-0.15, -0.1) is 0 Å². The molecular formula is C33H34Cl2FN3O4. The molecule has 43 heavy (non-hydrogen) atoms. The molecule has 0 aromatic heterocycles. The van der Waals surface area contributed by atoms with E-state index in [1.807, 2.05) is 60.4 Å². The fraction of sp³-hybridized carbons (Fsp3) is 0.333. The molecule has 7 nitrogen and oxygen atoms in total. The zero-order chi connectivity index (χ0) is 30.5. The first-order chi connectivity index (χ1) is 20.7. The van der Waals surface area contributed by atoms with Gasteiger partial charge < -0.3 is 24.6 Å². The molecule has 2 amide bonds. The van der Waals surface area contributed by atoms with Gasteiger partial charge in [-0.05, 0) is 60.4 Å². The summed E-state index contributed by atoms with van der Waals surface area (Å²) in [6.45, 7) is 5.85. The van der Waals surface area contributed by atoms with E-state index in [-0.39, 0.29) is 42.9 Å². The average molecular weight is 627 g/mol. The van der Waals surface area contributed by atoms with Crippen molar-refractivity contribution in [3.8, 4) is 11.5 Å². The Labute approximate surface area is 261 Å². The molecule has 0 aliphatic carbocycles. The van der Waals surface area contributed by atoms with Gasteiger partial charge in [0.1, 0.15) is 30.5 Å². The second kappa shape index (κ2) is 13.8. The van der Waals surface area contributed by atoms with E-state index < -0.39 is 5.82 Å². The molecular weight excluding hydrogens is 592 g/mol. The summed E-state index contributed by atoms with van der Waals surface area (Å²) in [6.07, 6.45) is 0.605. The Morgan fingerprint density at radius 1 is 1.00 bits per heavy atom. The lowest BCUT2D eigenvalue weighted by Gasteiger charge is -2.44. The van der Waals surface area contributed by atoms with E-state index in [0.29, 0.717) is 54.0 Å². The highest BCUT2D eigenvalue weighted by Crippen LogP contribution is 2.35. The lowest BCUT2D eigenvalue weighted by molar-refractivity contribution is -0.132. The number of carbonyl (C=O) groups is 2. The first-order valence-electron chi connectivity index (χ1n) is 14.3. The van der Waals surface area contributed by atoms with Crippen molar-refractivity contribution in [1.82, 2.24) is 15.1 Å². The van der Waals surface area contributed by atoms with Crippen LogP contribution in [0.15, 0.2) is 72.3 Å². The fourth-order valence-electron chi connectivity index (χ4n) is 5.61. The van der Waals surface area contributed by atoms with Crippen molar-refractivity contribution in [2.45, 2.75) is 38.9 Å². The Morgan fingerprint density at radius 2 is 1.74 bits per heavy atom. The fourth-order valence-corrected chi connectivity index (χ4v) is 5.97. The van der Waals surface area contributed by atoms with Crippen molar-refractivity contribution in [3.63, 3.8) is 0 Å². The summed E-state index contributed by atoms with van der Waals surface area (Å²) in [4.78, 5) is 30.1. The number of rotatable bonds is 10. The largest absolute Gasteiger partial charge is 0.490 e. The molecule has 10 heteroatoms. The van der Waals surface area contributed by atoms with E-state index in [9.17, 15) is 14.0 Å². The Balaban J connectivity index is 1.36. The lowest BCUT2D eigenvalue weighted by Crippen LogP contribution is -2.61. The van der Waals surface area contributed by atoms with Crippen molar-refractivity contribution in [3.05, 3.63) is 99.3 Å². The second-order valence-corrected chi connectivity index (χ2v) is 11.5. The third-order valence-corrected chi connectivity index (χ3v) is 8.46. The van der Waals surface area contributed by atoms with Crippen LogP contribution in [-0.4, -0.2) is 66.5 Å². The van der Waals surface area contributed by atoms with Gasteiger partial charge in [0.15, 0.2) is 0 Å². The highest BCUT2D eigenvalue weighted by atomic mass is 35.5. The molecule has 226 valence electrons. The van der Waals surface area contributed by atoms with Gasteiger partial charge in [0.05, 0.1) is 11.1 Å². The quantitative estimate of drug-likeness (QED) is 0.281. The molecule has 2 bridgehead atoms. The molecule has 1 saturated heterocycles. The predicted molar refractivity (Wildman–Crippen MR) is 166 cm³/mol. The minimum atomic E-state index is -0.426. The number of halogens is 3. The number of nitrogens with zero attached hydrogens (tertiary/aromatic N) is 2. The monoisotopic (exact) mass is 625 g/mol. The third kappa shape index (κ3) is 7.32. The Bertz CT molecular complexity index is 1510. The lowest BCUT2D eigenvalue weighted by atomic mass is 9.83. The number of hydrogen-bond acceptors (Lipinski definition) is 5. The summed E-state index contributed by atoms with van der Waals surface area (Å²) >= 11 is 12.5. The van der Waals surface area contributed by atoms with E-state index in [1.54, 1.807) is 11.8 Å². The van der Waals surface area contributed by atoms with Crippen LogP contribution in [0.5, 0.6) is 11.5 Å². The van der Waals surface area contributed by atoms with Gasteiger partial charge in [-0.25, -0.2) is 4.39 Å². The molecule has 5 rings (SSSR count). The van der Waals surface area contributed by atoms with Crippen LogP contribution in [-0.2, 0) is 16.1 Å². The maximum atomic E-state index is 14.2. The van der Waals surface area contributed by atoms with Crippen LogP contribution < -0.4 is 14.8 Å². The summed E-state index contributed by atoms with van der Waals surface area (Å²) in [5.41, 5.74) is 3.45. The molecule has 1 fully saturated rings. The molecule has 2 atom stereocenters. The van der Waals surface area contributed by atoms with E-state index in [1.165, 1.54) is 18.2 Å². The normalized spacial score (nSPS) is 17.9. The molecule has 2 aliphatic heterocycles. The van der Waals surface area contributed by atoms with E-state index in [0.717, 1.165) is 16.7 Å². The molecule has 3 aromatic carbocycles. The van der Waals surface area contributed by atoms with E-state index in [2.05, 4.69) is 5.32 Å². The Kier molecular flexibility index (Phi) is 9.90. The predicted octanol–water partition coefficient (Wildman–Crippen LogP) is 5.99. The van der Waals surface area contributed by atoms with Crippen LogP contribution in [0.3, 0.4) is 0 Å². The van der Waals surface area contributed by atoms with Crippen molar-refractivity contribution < 1.29 is 23.5 Å². The summed E-state index contributed by atoms with van der Waals surface area (Å²) in [5.74, 6) is 0.398. The number of ether oxygens (including phenoxy) is 2. The number of nitrogens with one attached hydrogen (secondary N) is 1. The van der Waals surface area contributed by atoms with Gasteiger partial charge in [-0.3, -0.25) is 9.59 Å². The summed E-state index contributed by atoms with van der Waals surface area (Å²) in [6, 6.07) is 18.9. The van der Waals surface area contributed by atoms with Gasteiger partial charge in [-0.2, -0.15) is 0 Å². The van der Waals surface area contributed by atoms with Gasteiger partial charge >= 0.3 is 0 Å². The minimum absolute atomic E-state index is 0.000292. The zero-order valence-electron chi connectivity index (χ0n) is 24.1. The Morgan fingerprint density at radius 3 is 2.47 bits per heavy atom. The van der Waals surface area contributed by atoms with Gasteiger partial charge in [-0.1, -0.05) is 53.5 Å². The van der Waals surface area contributed by atoms with Crippen LogP contribution in [0.25, 0.3) is 5.57 Å². The molecule has 2 unspecified atom stereocenters. The number of likely N-dealkylation sites (N-methyl/N-ethyl adjacent to an activating group) is 1. The highest BCUT2D eigenvalue weighted by Gasteiger charge is 2.40. The Hall–Kier alpha value is -3.59. The molecule has 2 aliphatic rings. The topological polar surface area (TPSA) is 71.1 Å². The van der Waals surface area contributed by atoms with Crippen molar-refractivity contribution >= 4 is 40.6 Å². The van der Waals surface area contributed by atoms with Crippen molar-refractivity contribution in [2.24, 2.45) is 0 Å². The first-order valence-corrected chi connectivity index (χ1v) is 15.1. The summed E-state index contributed by atoms with van der Waals surface area (Å²) < 4.78 is 24.9. The second-order valence-electron chi connectivity index (χ2n) is 10.6.